The Hall–Kier alpha value is 0.200. The highest BCUT2D eigenvalue weighted by atomic mass is 35.5. The molecule has 0 aliphatic carbocycles. The summed E-state index contributed by atoms with van der Waals surface area (Å²) in [6.07, 6.45) is 0.402. The van der Waals surface area contributed by atoms with Crippen molar-refractivity contribution in [3.05, 3.63) is 20.3 Å². The highest BCUT2D eigenvalue weighted by Gasteiger charge is 2.41. The highest BCUT2D eigenvalue weighted by Crippen LogP contribution is 2.43. The molecular weight excluding hydrogens is 277 g/mol. The van der Waals surface area contributed by atoms with Crippen LogP contribution < -0.4 is 5.73 Å². The van der Waals surface area contributed by atoms with Crippen molar-refractivity contribution in [2.75, 3.05) is 0 Å². The summed E-state index contributed by atoms with van der Waals surface area (Å²) in [6.45, 7) is 6.35. The third-order valence-electron chi connectivity index (χ3n) is 3.78. The highest BCUT2D eigenvalue weighted by molar-refractivity contribution is 7.20. The molecule has 1 saturated heterocycles. The van der Waals surface area contributed by atoms with E-state index in [9.17, 15) is 0 Å². The molecule has 1 aromatic heterocycles. The third-order valence-corrected chi connectivity index (χ3v) is 5.29. The van der Waals surface area contributed by atoms with Crippen LogP contribution in [0, 0.1) is 11.8 Å². The maximum atomic E-state index is 6.34. The van der Waals surface area contributed by atoms with Crippen LogP contribution in [0.4, 0.5) is 0 Å². The summed E-state index contributed by atoms with van der Waals surface area (Å²) in [5.74, 6) is 0.711. The molecular formula is C12H17Cl2NOS. The Bertz CT molecular complexity index is 409. The number of halogens is 2. The molecule has 1 aromatic rings. The van der Waals surface area contributed by atoms with Crippen molar-refractivity contribution in [3.63, 3.8) is 0 Å². The fraction of sp³-hybridized carbons (Fsp3) is 0.667. The maximum Gasteiger partial charge on any atom is 0.0992 e. The van der Waals surface area contributed by atoms with Gasteiger partial charge in [-0.3, -0.25) is 0 Å². The molecule has 0 bridgehead atoms. The molecule has 2 rings (SSSR count). The topological polar surface area (TPSA) is 35.2 Å². The van der Waals surface area contributed by atoms with E-state index in [-0.39, 0.29) is 24.2 Å². The average Bonchev–Trinajstić information content (AvgIpc) is 2.68. The first kappa shape index (κ1) is 13.6. The summed E-state index contributed by atoms with van der Waals surface area (Å²) in [7, 11) is 0. The van der Waals surface area contributed by atoms with Crippen LogP contribution in [0.5, 0.6) is 0 Å². The molecule has 2 nitrogen and oxygen atoms in total. The van der Waals surface area contributed by atoms with Crippen LogP contribution in [-0.2, 0) is 4.74 Å². The van der Waals surface area contributed by atoms with E-state index in [1.807, 2.05) is 6.07 Å². The molecule has 5 atom stereocenters. The summed E-state index contributed by atoms with van der Waals surface area (Å²) in [5, 5.41) is 0. The Morgan fingerprint density at radius 2 is 1.94 bits per heavy atom. The van der Waals surface area contributed by atoms with Crippen molar-refractivity contribution in [1.82, 2.24) is 0 Å². The lowest BCUT2D eigenvalue weighted by molar-refractivity contribution is 0.0489. The second-order valence-corrected chi connectivity index (χ2v) is 7.07. The number of thiophene rings is 1. The van der Waals surface area contributed by atoms with Crippen molar-refractivity contribution in [1.29, 1.82) is 0 Å². The van der Waals surface area contributed by atoms with Gasteiger partial charge in [-0.25, -0.2) is 0 Å². The van der Waals surface area contributed by atoms with Gasteiger partial charge in [0.2, 0.25) is 0 Å². The standard InChI is InChI=1S/C12H17Cl2NOS/c1-5-6(2)16-7(3)10(5)11(15)8-4-9(13)17-12(8)14/h4-7,10-11H,15H2,1-3H3. The van der Waals surface area contributed by atoms with Crippen LogP contribution in [0.25, 0.3) is 0 Å². The minimum absolute atomic E-state index is 0.110. The Balaban J connectivity index is 2.25. The quantitative estimate of drug-likeness (QED) is 0.890. The lowest BCUT2D eigenvalue weighted by atomic mass is 9.82. The first-order valence-corrected chi connectivity index (χ1v) is 7.34. The minimum atomic E-state index is -0.110. The Morgan fingerprint density at radius 1 is 1.29 bits per heavy atom. The van der Waals surface area contributed by atoms with Gasteiger partial charge in [0.25, 0.3) is 0 Å². The van der Waals surface area contributed by atoms with Gasteiger partial charge in [0.05, 0.1) is 20.9 Å². The van der Waals surface area contributed by atoms with Gasteiger partial charge in [-0.2, -0.15) is 0 Å². The normalized spacial score (nSPS) is 35.2. The molecule has 17 heavy (non-hydrogen) atoms. The largest absolute Gasteiger partial charge is 0.375 e. The van der Waals surface area contributed by atoms with Gasteiger partial charge in [-0.1, -0.05) is 30.1 Å². The van der Waals surface area contributed by atoms with Gasteiger partial charge in [0, 0.05) is 17.5 Å². The van der Waals surface area contributed by atoms with E-state index < -0.39 is 0 Å². The SMILES string of the molecule is CC1OC(C)C(C(N)c2cc(Cl)sc2Cl)C1C. The predicted molar refractivity (Wildman–Crippen MR) is 73.9 cm³/mol. The second-order valence-electron chi connectivity index (χ2n) is 4.79. The Morgan fingerprint density at radius 3 is 2.35 bits per heavy atom. The van der Waals surface area contributed by atoms with Crippen LogP contribution >= 0.6 is 34.5 Å². The lowest BCUT2D eigenvalue weighted by Crippen LogP contribution is -2.30. The molecule has 2 N–H and O–H groups in total. The van der Waals surface area contributed by atoms with Gasteiger partial charge in [0.15, 0.2) is 0 Å². The van der Waals surface area contributed by atoms with Crippen LogP contribution in [0.3, 0.4) is 0 Å². The number of hydrogen-bond acceptors (Lipinski definition) is 3. The van der Waals surface area contributed by atoms with Crippen molar-refractivity contribution in [2.24, 2.45) is 17.6 Å². The van der Waals surface area contributed by atoms with Crippen molar-refractivity contribution >= 4 is 34.5 Å². The fourth-order valence-corrected chi connectivity index (χ4v) is 4.27. The van der Waals surface area contributed by atoms with Crippen molar-refractivity contribution in [2.45, 2.75) is 39.0 Å². The van der Waals surface area contributed by atoms with E-state index in [1.165, 1.54) is 11.3 Å². The fourth-order valence-electron chi connectivity index (χ4n) is 2.70. The summed E-state index contributed by atoms with van der Waals surface area (Å²) < 4.78 is 7.21. The van der Waals surface area contributed by atoms with E-state index in [4.69, 9.17) is 33.7 Å². The van der Waals surface area contributed by atoms with Gasteiger partial charge in [-0.05, 0) is 25.8 Å². The molecule has 0 radical (unpaired) electrons. The molecule has 2 heterocycles. The molecule has 96 valence electrons. The first-order valence-electron chi connectivity index (χ1n) is 5.77. The molecule has 1 aliphatic rings. The Labute approximate surface area is 116 Å². The molecule has 0 spiro atoms. The number of rotatable bonds is 2. The van der Waals surface area contributed by atoms with Gasteiger partial charge in [0.1, 0.15) is 0 Å². The Kier molecular flexibility index (Phi) is 4.06. The summed E-state index contributed by atoms with van der Waals surface area (Å²) in [4.78, 5) is 0. The minimum Gasteiger partial charge on any atom is -0.375 e. The summed E-state index contributed by atoms with van der Waals surface area (Å²) >= 11 is 13.5. The molecule has 0 saturated carbocycles. The lowest BCUT2D eigenvalue weighted by Gasteiger charge is -2.25. The van der Waals surface area contributed by atoms with Crippen LogP contribution in [0.2, 0.25) is 8.67 Å². The molecule has 1 aliphatic heterocycles. The maximum absolute atomic E-state index is 6.34. The van der Waals surface area contributed by atoms with E-state index >= 15 is 0 Å². The predicted octanol–water partition coefficient (Wildman–Crippen LogP) is 4.11. The molecule has 5 unspecified atom stereocenters. The number of ether oxygens (including phenoxy) is 1. The van der Waals surface area contributed by atoms with Crippen molar-refractivity contribution < 1.29 is 4.74 Å². The smallest absolute Gasteiger partial charge is 0.0992 e. The average molecular weight is 294 g/mol. The van der Waals surface area contributed by atoms with E-state index in [0.29, 0.717) is 14.6 Å². The van der Waals surface area contributed by atoms with Gasteiger partial charge >= 0.3 is 0 Å². The third kappa shape index (κ3) is 2.49. The van der Waals surface area contributed by atoms with Crippen LogP contribution in [0.1, 0.15) is 32.4 Å². The number of hydrogen-bond donors (Lipinski definition) is 1. The van der Waals surface area contributed by atoms with E-state index in [1.54, 1.807) is 0 Å². The van der Waals surface area contributed by atoms with Crippen molar-refractivity contribution in [3.8, 4) is 0 Å². The second kappa shape index (κ2) is 5.06. The zero-order valence-corrected chi connectivity index (χ0v) is 12.4. The summed E-state index contributed by atoms with van der Waals surface area (Å²) in [5.41, 5.74) is 7.29. The summed E-state index contributed by atoms with van der Waals surface area (Å²) in [6, 6.07) is 1.77. The molecule has 0 aromatic carbocycles. The van der Waals surface area contributed by atoms with E-state index in [2.05, 4.69) is 20.8 Å². The molecule has 0 amide bonds. The zero-order chi connectivity index (χ0) is 12.7. The van der Waals surface area contributed by atoms with Crippen LogP contribution in [0.15, 0.2) is 6.07 Å². The number of nitrogens with two attached hydrogens (primary N) is 1. The van der Waals surface area contributed by atoms with Gasteiger partial charge in [-0.15, -0.1) is 11.3 Å². The monoisotopic (exact) mass is 293 g/mol. The first-order chi connectivity index (χ1) is 7.91. The zero-order valence-electron chi connectivity index (χ0n) is 10.1. The van der Waals surface area contributed by atoms with E-state index in [0.717, 1.165) is 5.56 Å². The molecule has 1 fully saturated rings. The molecule has 5 heteroatoms. The van der Waals surface area contributed by atoms with Crippen LogP contribution in [-0.4, -0.2) is 12.2 Å². The van der Waals surface area contributed by atoms with Gasteiger partial charge < -0.3 is 10.5 Å².